The van der Waals surface area contributed by atoms with Crippen LogP contribution in [0, 0.1) is 0 Å². The van der Waals surface area contributed by atoms with Crippen LogP contribution in [0.3, 0.4) is 0 Å². The molecule has 1 aromatic heterocycles. The molecule has 22 heavy (non-hydrogen) atoms. The molecule has 1 amide bonds. The number of carbonyl (C=O) groups is 1. The van der Waals surface area contributed by atoms with Crippen molar-refractivity contribution in [2.75, 3.05) is 6.54 Å². The third-order valence-corrected chi connectivity index (χ3v) is 3.67. The van der Waals surface area contributed by atoms with E-state index in [0.717, 1.165) is 16.5 Å². The second kappa shape index (κ2) is 6.45. The molecule has 0 aliphatic rings. The third kappa shape index (κ3) is 3.18. The molecule has 1 atom stereocenters. The van der Waals surface area contributed by atoms with Gasteiger partial charge in [0.25, 0.3) is 0 Å². The lowest BCUT2D eigenvalue weighted by Gasteiger charge is -2.12. The van der Waals surface area contributed by atoms with Crippen LogP contribution in [-0.2, 0) is 11.3 Å². The predicted octanol–water partition coefficient (Wildman–Crippen LogP) is 2.49. The number of aliphatic hydroxyl groups is 1. The standard InChI is InChI=1S/C18H18N2O2/c21-17(15-7-2-1-3-8-15)12-19-18(22)13-20-11-10-14-6-4-5-9-16(14)20/h1-11,17,21H,12-13H2,(H,19,22). The Bertz CT molecular complexity index is 765. The highest BCUT2D eigenvalue weighted by Crippen LogP contribution is 2.15. The summed E-state index contributed by atoms with van der Waals surface area (Å²) in [6, 6.07) is 19.2. The van der Waals surface area contributed by atoms with E-state index in [-0.39, 0.29) is 19.0 Å². The zero-order chi connectivity index (χ0) is 15.4. The molecule has 3 aromatic rings. The maximum absolute atomic E-state index is 12.0. The smallest absolute Gasteiger partial charge is 0.240 e. The van der Waals surface area contributed by atoms with E-state index in [1.54, 1.807) is 0 Å². The van der Waals surface area contributed by atoms with Gasteiger partial charge >= 0.3 is 0 Å². The van der Waals surface area contributed by atoms with Crippen LogP contribution >= 0.6 is 0 Å². The fourth-order valence-corrected chi connectivity index (χ4v) is 2.49. The van der Waals surface area contributed by atoms with E-state index in [9.17, 15) is 9.90 Å². The van der Waals surface area contributed by atoms with Crippen molar-refractivity contribution >= 4 is 16.8 Å². The molecule has 1 heterocycles. The van der Waals surface area contributed by atoms with Crippen LogP contribution < -0.4 is 5.32 Å². The number of amides is 1. The second-order valence-electron chi connectivity index (χ2n) is 5.23. The molecule has 2 aromatic carbocycles. The fourth-order valence-electron chi connectivity index (χ4n) is 2.49. The topological polar surface area (TPSA) is 54.3 Å². The first-order chi connectivity index (χ1) is 10.7. The van der Waals surface area contributed by atoms with Crippen molar-refractivity contribution in [3.05, 3.63) is 72.4 Å². The van der Waals surface area contributed by atoms with Gasteiger partial charge < -0.3 is 15.0 Å². The van der Waals surface area contributed by atoms with Gasteiger partial charge in [0, 0.05) is 18.3 Å². The summed E-state index contributed by atoms with van der Waals surface area (Å²) in [4.78, 5) is 12.0. The normalized spacial score (nSPS) is 12.2. The zero-order valence-electron chi connectivity index (χ0n) is 12.1. The highest BCUT2D eigenvalue weighted by molar-refractivity contribution is 5.83. The number of aromatic nitrogens is 1. The Morgan fingerprint density at radius 3 is 2.59 bits per heavy atom. The molecule has 0 aliphatic heterocycles. The minimum absolute atomic E-state index is 0.115. The van der Waals surface area contributed by atoms with E-state index in [1.165, 1.54) is 0 Å². The van der Waals surface area contributed by atoms with Gasteiger partial charge in [-0.15, -0.1) is 0 Å². The molecule has 0 aliphatic carbocycles. The minimum atomic E-state index is -0.688. The molecular formula is C18H18N2O2. The number of fused-ring (bicyclic) bond motifs is 1. The van der Waals surface area contributed by atoms with Crippen molar-refractivity contribution in [2.24, 2.45) is 0 Å². The molecule has 4 nitrogen and oxygen atoms in total. The highest BCUT2D eigenvalue weighted by atomic mass is 16.3. The molecule has 2 N–H and O–H groups in total. The van der Waals surface area contributed by atoms with Crippen LogP contribution in [0.25, 0.3) is 10.9 Å². The van der Waals surface area contributed by atoms with Gasteiger partial charge in [0.05, 0.1) is 6.10 Å². The van der Waals surface area contributed by atoms with E-state index < -0.39 is 6.10 Å². The summed E-state index contributed by atoms with van der Waals surface area (Å²) in [5.74, 6) is -0.115. The van der Waals surface area contributed by atoms with Crippen LogP contribution in [0.1, 0.15) is 11.7 Å². The first kappa shape index (κ1) is 14.4. The van der Waals surface area contributed by atoms with Crippen molar-refractivity contribution in [2.45, 2.75) is 12.6 Å². The number of carbonyl (C=O) groups excluding carboxylic acids is 1. The Kier molecular flexibility index (Phi) is 4.21. The Hall–Kier alpha value is -2.59. The van der Waals surface area contributed by atoms with Crippen LogP contribution in [0.2, 0.25) is 0 Å². The molecule has 0 saturated heterocycles. The average Bonchev–Trinajstić information content (AvgIpc) is 2.97. The van der Waals surface area contributed by atoms with E-state index in [2.05, 4.69) is 5.32 Å². The summed E-state index contributed by atoms with van der Waals surface area (Å²) >= 11 is 0. The number of nitrogens with zero attached hydrogens (tertiary/aromatic N) is 1. The molecule has 3 rings (SSSR count). The molecule has 0 bridgehead atoms. The number of nitrogens with one attached hydrogen (secondary N) is 1. The number of hydrogen-bond donors (Lipinski definition) is 2. The second-order valence-corrected chi connectivity index (χ2v) is 5.23. The first-order valence-electron chi connectivity index (χ1n) is 7.27. The number of benzene rings is 2. The van der Waals surface area contributed by atoms with Crippen LogP contribution in [-0.4, -0.2) is 22.1 Å². The number of hydrogen-bond acceptors (Lipinski definition) is 2. The summed E-state index contributed by atoms with van der Waals surface area (Å²) in [5, 5.41) is 13.9. The lowest BCUT2D eigenvalue weighted by molar-refractivity contribution is -0.122. The van der Waals surface area contributed by atoms with Gasteiger partial charge in [0.2, 0.25) is 5.91 Å². The summed E-state index contributed by atoms with van der Waals surface area (Å²) in [5.41, 5.74) is 1.83. The maximum atomic E-state index is 12.0. The molecule has 0 saturated carbocycles. The van der Waals surface area contributed by atoms with Gasteiger partial charge in [-0.3, -0.25) is 4.79 Å². The largest absolute Gasteiger partial charge is 0.387 e. The SMILES string of the molecule is O=C(Cn1ccc2ccccc21)NCC(O)c1ccccc1. The molecule has 0 spiro atoms. The Labute approximate surface area is 129 Å². The molecule has 4 heteroatoms. The van der Waals surface area contributed by atoms with Gasteiger partial charge in [-0.25, -0.2) is 0 Å². The minimum Gasteiger partial charge on any atom is -0.387 e. The Morgan fingerprint density at radius 2 is 1.77 bits per heavy atom. The predicted molar refractivity (Wildman–Crippen MR) is 86.3 cm³/mol. The van der Waals surface area contributed by atoms with E-state index >= 15 is 0 Å². The first-order valence-corrected chi connectivity index (χ1v) is 7.27. The van der Waals surface area contributed by atoms with Crippen molar-refractivity contribution in [3.8, 4) is 0 Å². The number of para-hydroxylation sites is 1. The zero-order valence-corrected chi connectivity index (χ0v) is 12.1. The monoisotopic (exact) mass is 294 g/mol. The molecular weight excluding hydrogens is 276 g/mol. The van der Waals surface area contributed by atoms with E-state index in [4.69, 9.17) is 0 Å². The third-order valence-electron chi connectivity index (χ3n) is 3.67. The summed E-state index contributed by atoms with van der Waals surface area (Å²) in [6.07, 6.45) is 1.21. The van der Waals surface area contributed by atoms with Gasteiger partial charge in [-0.1, -0.05) is 48.5 Å². The van der Waals surface area contributed by atoms with Gasteiger partial charge in [0.15, 0.2) is 0 Å². The quantitative estimate of drug-likeness (QED) is 0.759. The molecule has 112 valence electrons. The Balaban J connectivity index is 1.59. The Morgan fingerprint density at radius 1 is 1.05 bits per heavy atom. The van der Waals surface area contributed by atoms with Gasteiger partial charge in [0.1, 0.15) is 6.54 Å². The molecule has 1 unspecified atom stereocenters. The van der Waals surface area contributed by atoms with Gasteiger partial charge in [-0.2, -0.15) is 0 Å². The van der Waals surface area contributed by atoms with Crippen LogP contribution in [0.15, 0.2) is 66.9 Å². The summed E-state index contributed by atoms with van der Waals surface area (Å²) in [6.45, 7) is 0.455. The molecule has 0 fully saturated rings. The number of aliphatic hydroxyl groups excluding tert-OH is 1. The van der Waals surface area contributed by atoms with Crippen molar-refractivity contribution in [3.63, 3.8) is 0 Å². The lowest BCUT2D eigenvalue weighted by Crippen LogP contribution is -2.31. The van der Waals surface area contributed by atoms with Crippen molar-refractivity contribution in [1.82, 2.24) is 9.88 Å². The fraction of sp³-hybridized carbons (Fsp3) is 0.167. The summed E-state index contributed by atoms with van der Waals surface area (Å²) in [7, 11) is 0. The van der Waals surface area contributed by atoms with Gasteiger partial charge in [-0.05, 0) is 23.1 Å². The average molecular weight is 294 g/mol. The maximum Gasteiger partial charge on any atom is 0.240 e. The lowest BCUT2D eigenvalue weighted by atomic mass is 10.1. The molecule has 0 radical (unpaired) electrons. The van der Waals surface area contributed by atoms with E-state index in [0.29, 0.717) is 0 Å². The van der Waals surface area contributed by atoms with E-state index in [1.807, 2.05) is 71.4 Å². The van der Waals surface area contributed by atoms with Crippen molar-refractivity contribution in [1.29, 1.82) is 0 Å². The van der Waals surface area contributed by atoms with Crippen LogP contribution in [0.4, 0.5) is 0 Å². The van der Waals surface area contributed by atoms with Crippen LogP contribution in [0.5, 0.6) is 0 Å². The van der Waals surface area contributed by atoms with Crippen molar-refractivity contribution < 1.29 is 9.90 Å². The highest BCUT2D eigenvalue weighted by Gasteiger charge is 2.10. The number of rotatable bonds is 5. The summed E-state index contributed by atoms with van der Waals surface area (Å²) < 4.78 is 1.90.